The summed E-state index contributed by atoms with van der Waals surface area (Å²) in [5.74, 6) is -0.173. The number of alkyl halides is 1. The van der Waals surface area contributed by atoms with Crippen LogP contribution in [0.25, 0.3) is 11.4 Å². The minimum Gasteiger partial charge on any atom is -0.313 e. The zero-order chi connectivity index (χ0) is 11.7. The number of nitrogens with zero attached hydrogens (tertiary/aromatic N) is 3. The first-order chi connectivity index (χ1) is 7.61. The van der Waals surface area contributed by atoms with Crippen molar-refractivity contribution in [2.24, 2.45) is 7.05 Å². The lowest BCUT2D eigenvalue weighted by Crippen LogP contribution is -1.98. The van der Waals surface area contributed by atoms with Crippen LogP contribution in [0, 0.1) is 11.6 Å². The van der Waals surface area contributed by atoms with Crippen LogP contribution in [0.15, 0.2) is 18.2 Å². The highest BCUT2D eigenvalue weighted by molar-refractivity contribution is 6.16. The highest BCUT2D eigenvalue weighted by Crippen LogP contribution is 2.20. The van der Waals surface area contributed by atoms with Gasteiger partial charge in [0.05, 0.1) is 5.88 Å². The van der Waals surface area contributed by atoms with Gasteiger partial charge in [0, 0.05) is 18.7 Å². The fourth-order valence-corrected chi connectivity index (χ4v) is 1.64. The van der Waals surface area contributed by atoms with Gasteiger partial charge in [0.15, 0.2) is 5.82 Å². The Labute approximate surface area is 95.7 Å². The maximum atomic E-state index is 13.0. The largest absolute Gasteiger partial charge is 0.313 e. The molecule has 0 saturated carbocycles. The van der Waals surface area contributed by atoms with Crippen molar-refractivity contribution in [3.8, 4) is 11.4 Å². The molecule has 3 nitrogen and oxygen atoms in total. The van der Waals surface area contributed by atoms with Crippen molar-refractivity contribution in [1.29, 1.82) is 0 Å². The molecule has 2 aromatic rings. The van der Waals surface area contributed by atoms with E-state index in [1.807, 2.05) is 0 Å². The van der Waals surface area contributed by atoms with Gasteiger partial charge in [0.2, 0.25) is 0 Å². The van der Waals surface area contributed by atoms with E-state index >= 15 is 0 Å². The number of halogens is 3. The molecule has 0 aliphatic heterocycles. The van der Waals surface area contributed by atoms with E-state index in [0.717, 1.165) is 6.07 Å². The zero-order valence-corrected chi connectivity index (χ0v) is 9.17. The highest BCUT2D eigenvalue weighted by atomic mass is 35.5. The average Bonchev–Trinajstić information content (AvgIpc) is 2.58. The van der Waals surface area contributed by atoms with Gasteiger partial charge in [0.25, 0.3) is 0 Å². The zero-order valence-electron chi connectivity index (χ0n) is 8.41. The molecule has 0 aliphatic rings. The first-order valence-electron chi connectivity index (χ1n) is 4.52. The van der Waals surface area contributed by atoms with E-state index in [2.05, 4.69) is 10.2 Å². The molecule has 0 aliphatic carbocycles. The Balaban J connectivity index is 2.54. The SMILES string of the molecule is Cn1c(CCl)nnc1-c1cc(F)cc(F)c1. The molecule has 0 saturated heterocycles. The molecule has 16 heavy (non-hydrogen) atoms. The van der Waals surface area contributed by atoms with Gasteiger partial charge in [-0.3, -0.25) is 0 Å². The molecule has 2 rings (SSSR count). The lowest BCUT2D eigenvalue weighted by molar-refractivity contribution is 0.583. The summed E-state index contributed by atoms with van der Waals surface area (Å²) in [6.45, 7) is 0. The van der Waals surface area contributed by atoms with Gasteiger partial charge in [-0.25, -0.2) is 8.78 Å². The quantitative estimate of drug-likeness (QED) is 0.759. The average molecular weight is 244 g/mol. The third-order valence-corrected chi connectivity index (χ3v) is 2.44. The van der Waals surface area contributed by atoms with Crippen LogP contribution in [0.4, 0.5) is 8.78 Å². The van der Waals surface area contributed by atoms with E-state index in [-0.39, 0.29) is 5.88 Å². The van der Waals surface area contributed by atoms with Crippen molar-refractivity contribution in [3.05, 3.63) is 35.7 Å². The van der Waals surface area contributed by atoms with Crippen molar-refractivity contribution >= 4 is 11.6 Å². The number of hydrogen-bond acceptors (Lipinski definition) is 2. The third-order valence-electron chi connectivity index (χ3n) is 2.21. The highest BCUT2D eigenvalue weighted by Gasteiger charge is 2.11. The van der Waals surface area contributed by atoms with Crippen molar-refractivity contribution in [1.82, 2.24) is 14.8 Å². The minimum absolute atomic E-state index is 0.196. The predicted molar refractivity (Wildman–Crippen MR) is 55.9 cm³/mol. The Hall–Kier alpha value is -1.49. The van der Waals surface area contributed by atoms with Crippen LogP contribution in [-0.2, 0) is 12.9 Å². The number of aromatic nitrogens is 3. The molecule has 6 heteroatoms. The number of hydrogen-bond donors (Lipinski definition) is 0. The molecule has 0 N–H and O–H groups in total. The fraction of sp³-hybridized carbons (Fsp3) is 0.200. The maximum Gasteiger partial charge on any atom is 0.163 e. The summed E-state index contributed by atoms with van der Waals surface area (Å²) in [4.78, 5) is 0. The monoisotopic (exact) mass is 243 g/mol. The molecule has 0 atom stereocenters. The molecule has 0 radical (unpaired) electrons. The summed E-state index contributed by atoms with van der Waals surface area (Å²) in [7, 11) is 1.69. The van der Waals surface area contributed by atoms with E-state index in [1.54, 1.807) is 11.6 Å². The molecule has 1 aromatic carbocycles. The second kappa shape index (κ2) is 4.17. The van der Waals surface area contributed by atoms with Gasteiger partial charge < -0.3 is 4.57 Å². The van der Waals surface area contributed by atoms with Gasteiger partial charge in [-0.15, -0.1) is 21.8 Å². The van der Waals surface area contributed by atoms with Crippen molar-refractivity contribution in [3.63, 3.8) is 0 Å². The van der Waals surface area contributed by atoms with E-state index in [0.29, 0.717) is 17.2 Å². The van der Waals surface area contributed by atoms with Crippen LogP contribution in [0.5, 0.6) is 0 Å². The summed E-state index contributed by atoms with van der Waals surface area (Å²) in [6, 6.07) is 3.21. The van der Waals surface area contributed by atoms with Crippen LogP contribution >= 0.6 is 11.6 Å². The maximum absolute atomic E-state index is 13.0. The van der Waals surface area contributed by atoms with Gasteiger partial charge in [0.1, 0.15) is 17.5 Å². The molecule has 0 amide bonds. The van der Waals surface area contributed by atoms with Crippen LogP contribution in [0.1, 0.15) is 5.82 Å². The van der Waals surface area contributed by atoms with Gasteiger partial charge >= 0.3 is 0 Å². The third kappa shape index (κ3) is 1.90. The second-order valence-corrected chi connectivity index (χ2v) is 3.56. The lowest BCUT2D eigenvalue weighted by Gasteiger charge is -2.02. The first-order valence-corrected chi connectivity index (χ1v) is 5.06. The van der Waals surface area contributed by atoms with E-state index in [9.17, 15) is 8.78 Å². The van der Waals surface area contributed by atoms with Crippen LogP contribution in [0.2, 0.25) is 0 Å². The normalized spacial score (nSPS) is 10.8. The van der Waals surface area contributed by atoms with E-state index in [4.69, 9.17) is 11.6 Å². The minimum atomic E-state index is -0.648. The number of rotatable bonds is 2. The van der Waals surface area contributed by atoms with Crippen LogP contribution in [-0.4, -0.2) is 14.8 Å². The Morgan fingerprint density at radius 2 is 1.81 bits per heavy atom. The summed E-state index contributed by atoms with van der Waals surface area (Å²) in [6.07, 6.45) is 0. The standard InChI is InChI=1S/C10H8ClF2N3/c1-16-9(5-11)14-15-10(16)6-2-7(12)4-8(13)3-6/h2-4H,5H2,1H3. The molecule has 84 valence electrons. The first kappa shape index (κ1) is 11.0. The van der Waals surface area contributed by atoms with Gasteiger partial charge in [-0.05, 0) is 12.1 Å². The molecule has 0 fully saturated rings. The summed E-state index contributed by atoms with van der Waals surface area (Å²) in [5, 5.41) is 7.64. The molecule has 1 heterocycles. The molecule has 1 aromatic heterocycles. The number of benzene rings is 1. The van der Waals surface area contributed by atoms with Crippen molar-refractivity contribution < 1.29 is 8.78 Å². The van der Waals surface area contributed by atoms with Crippen LogP contribution in [0.3, 0.4) is 0 Å². The molecular weight excluding hydrogens is 236 g/mol. The molecule has 0 bridgehead atoms. The van der Waals surface area contributed by atoms with Crippen molar-refractivity contribution in [2.75, 3.05) is 0 Å². The molecule has 0 spiro atoms. The Morgan fingerprint density at radius 3 is 2.31 bits per heavy atom. The fourth-order valence-electron chi connectivity index (χ4n) is 1.41. The summed E-state index contributed by atoms with van der Waals surface area (Å²) in [5.41, 5.74) is 0.337. The molecule has 0 unspecified atom stereocenters. The smallest absolute Gasteiger partial charge is 0.163 e. The van der Waals surface area contributed by atoms with Gasteiger partial charge in [-0.1, -0.05) is 0 Å². The molecular formula is C10H8ClF2N3. The van der Waals surface area contributed by atoms with Crippen LogP contribution < -0.4 is 0 Å². The van der Waals surface area contributed by atoms with E-state index in [1.165, 1.54) is 12.1 Å². The van der Waals surface area contributed by atoms with Gasteiger partial charge in [-0.2, -0.15) is 0 Å². The Morgan fingerprint density at radius 1 is 1.19 bits per heavy atom. The summed E-state index contributed by atoms with van der Waals surface area (Å²) < 4.78 is 27.6. The second-order valence-electron chi connectivity index (χ2n) is 3.29. The topological polar surface area (TPSA) is 30.7 Å². The van der Waals surface area contributed by atoms with E-state index < -0.39 is 11.6 Å². The Bertz CT molecular complexity index is 505. The van der Waals surface area contributed by atoms with Crippen molar-refractivity contribution in [2.45, 2.75) is 5.88 Å². The predicted octanol–water partition coefficient (Wildman–Crippen LogP) is 2.50. The Kier molecular flexibility index (Phi) is 2.87. The lowest BCUT2D eigenvalue weighted by atomic mass is 10.2. The summed E-state index contributed by atoms with van der Waals surface area (Å²) >= 11 is 5.62.